The Hall–Kier alpha value is -3.93. The SMILES string of the molecule is COc1c(O)c(CC=C(C)CCC=C(C)C)cc(-c2coc3cc(O)cc(O)c3c2=O)c1CC=C(C)C. The molecule has 3 N–H and O–H groups in total. The Morgan fingerprint density at radius 2 is 1.62 bits per heavy atom. The summed E-state index contributed by atoms with van der Waals surface area (Å²) in [5.41, 5.74) is 5.23. The highest BCUT2D eigenvalue weighted by Crippen LogP contribution is 2.42. The van der Waals surface area contributed by atoms with E-state index in [9.17, 15) is 20.1 Å². The van der Waals surface area contributed by atoms with Gasteiger partial charge in [-0.05, 0) is 71.9 Å². The molecule has 0 bridgehead atoms. The number of allylic oxidation sites excluding steroid dienone is 6. The van der Waals surface area contributed by atoms with Crippen LogP contribution in [0.25, 0.3) is 22.1 Å². The van der Waals surface area contributed by atoms with Crippen LogP contribution in [0.4, 0.5) is 0 Å². The summed E-state index contributed by atoms with van der Waals surface area (Å²) < 4.78 is 11.3. The van der Waals surface area contributed by atoms with Crippen molar-refractivity contribution in [1.29, 1.82) is 0 Å². The molecule has 3 aromatic rings. The van der Waals surface area contributed by atoms with E-state index in [4.69, 9.17) is 9.15 Å². The standard InChI is InChI=1S/C31H36O6/c1-18(2)8-7-9-20(5)11-12-21-14-24(23(13-10-19(3)4)31(36-6)29(21)34)25-17-37-27-16-22(32)15-26(33)28(27)30(25)35/h8,10-11,14-17,32-34H,7,9,12-13H2,1-6H3. The van der Waals surface area contributed by atoms with Gasteiger partial charge in [-0.25, -0.2) is 0 Å². The van der Waals surface area contributed by atoms with Crippen LogP contribution in [0.2, 0.25) is 0 Å². The summed E-state index contributed by atoms with van der Waals surface area (Å²) in [5.74, 6) is -0.229. The lowest BCUT2D eigenvalue weighted by molar-refractivity contribution is 0.368. The molecule has 2 aromatic carbocycles. The van der Waals surface area contributed by atoms with E-state index >= 15 is 0 Å². The number of fused-ring (bicyclic) bond motifs is 1. The highest BCUT2D eigenvalue weighted by atomic mass is 16.5. The lowest BCUT2D eigenvalue weighted by Crippen LogP contribution is -2.08. The smallest absolute Gasteiger partial charge is 0.204 e. The fourth-order valence-corrected chi connectivity index (χ4v) is 4.24. The molecule has 0 atom stereocenters. The van der Waals surface area contributed by atoms with E-state index in [1.54, 1.807) is 6.07 Å². The number of phenols is 3. The zero-order valence-electron chi connectivity index (χ0n) is 22.4. The van der Waals surface area contributed by atoms with Gasteiger partial charge in [-0.2, -0.15) is 0 Å². The summed E-state index contributed by atoms with van der Waals surface area (Å²) in [7, 11) is 1.49. The first-order valence-electron chi connectivity index (χ1n) is 12.3. The molecule has 0 fully saturated rings. The summed E-state index contributed by atoms with van der Waals surface area (Å²) in [5, 5.41) is 31.3. The molecular weight excluding hydrogens is 468 g/mol. The number of benzene rings is 2. The van der Waals surface area contributed by atoms with E-state index in [1.165, 1.54) is 30.6 Å². The average molecular weight is 505 g/mol. The first-order valence-corrected chi connectivity index (χ1v) is 12.3. The Bertz CT molecular complexity index is 1450. The van der Waals surface area contributed by atoms with Gasteiger partial charge in [0.2, 0.25) is 5.43 Å². The van der Waals surface area contributed by atoms with Crippen LogP contribution in [0.5, 0.6) is 23.0 Å². The second-order valence-corrected chi connectivity index (χ2v) is 9.82. The van der Waals surface area contributed by atoms with Gasteiger partial charge >= 0.3 is 0 Å². The van der Waals surface area contributed by atoms with Crippen molar-refractivity contribution in [2.75, 3.05) is 7.11 Å². The molecule has 0 aliphatic heterocycles. The van der Waals surface area contributed by atoms with E-state index in [-0.39, 0.29) is 33.8 Å². The minimum absolute atomic E-state index is 0.0212. The molecule has 0 spiro atoms. The number of ether oxygens (including phenoxy) is 1. The van der Waals surface area contributed by atoms with Gasteiger partial charge in [-0.15, -0.1) is 0 Å². The first-order chi connectivity index (χ1) is 17.5. The zero-order valence-corrected chi connectivity index (χ0v) is 22.4. The number of hydrogen-bond acceptors (Lipinski definition) is 6. The summed E-state index contributed by atoms with van der Waals surface area (Å²) >= 11 is 0. The highest BCUT2D eigenvalue weighted by molar-refractivity contribution is 5.89. The normalized spacial score (nSPS) is 11.5. The predicted octanol–water partition coefficient (Wildman–Crippen LogP) is 7.33. The number of hydrogen-bond donors (Lipinski definition) is 3. The van der Waals surface area contributed by atoms with E-state index in [0.29, 0.717) is 35.3 Å². The molecule has 196 valence electrons. The number of phenolic OH excluding ortho intramolecular Hbond substituents is 3. The predicted molar refractivity (Wildman–Crippen MR) is 149 cm³/mol. The lowest BCUT2D eigenvalue weighted by Gasteiger charge is -2.18. The molecule has 0 aliphatic carbocycles. The summed E-state index contributed by atoms with van der Waals surface area (Å²) in [6, 6.07) is 4.19. The van der Waals surface area contributed by atoms with Gasteiger partial charge in [-0.3, -0.25) is 4.79 Å². The van der Waals surface area contributed by atoms with Crippen LogP contribution in [0, 0.1) is 0 Å². The van der Waals surface area contributed by atoms with Crippen molar-refractivity contribution in [3.05, 3.63) is 80.8 Å². The van der Waals surface area contributed by atoms with Crippen LogP contribution in [-0.2, 0) is 12.8 Å². The topological polar surface area (TPSA) is 100 Å². The molecule has 0 amide bonds. The minimum atomic E-state index is -0.440. The molecule has 0 aliphatic rings. The molecule has 0 saturated carbocycles. The van der Waals surface area contributed by atoms with E-state index in [2.05, 4.69) is 32.9 Å². The lowest BCUT2D eigenvalue weighted by atomic mass is 9.92. The second kappa shape index (κ2) is 11.9. The van der Waals surface area contributed by atoms with Crippen molar-refractivity contribution in [3.8, 4) is 34.1 Å². The first kappa shape index (κ1) is 27.7. The average Bonchev–Trinajstić information content (AvgIpc) is 2.81. The Balaban J connectivity index is 2.21. The third-order valence-corrected chi connectivity index (χ3v) is 6.25. The molecule has 0 saturated heterocycles. The Labute approximate surface area is 217 Å². The Morgan fingerprint density at radius 1 is 0.919 bits per heavy atom. The molecule has 0 radical (unpaired) electrons. The van der Waals surface area contributed by atoms with Crippen molar-refractivity contribution in [1.82, 2.24) is 0 Å². The van der Waals surface area contributed by atoms with Gasteiger partial charge in [-0.1, -0.05) is 34.9 Å². The maximum Gasteiger partial charge on any atom is 0.204 e. The van der Waals surface area contributed by atoms with Gasteiger partial charge in [0.05, 0.1) is 12.7 Å². The molecular formula is C31H36O6. The number of aromatic hydroxyl groups is 3. The molecule has 37 heavy (non-hydrogen) atoms. The summed E-state index contributed by atoms with van der Waals surface area (Å²) in [6.45, 7) is 10.2. The van der Waals surface area contributed by atoms with Gasteiger partial charge in [0.15, 0.2) is 11.5 Å². The maximum absolute atomic E-state index is 13.5. The van der Waals surface area contributed by atoms with Crippen molar-refractivity contribution < 1.29 is 24.5 Å². The van der Waals surface area contributed by atoms with Crippen LogP contribution in [0.15, 0.2) is 68.6 Å². The molecule has 6 nitrogen and oxygen atoms in total. The van der Waals surface area contributed by atoms with Crippen LogP contribution in [0.3, 0.4) is 0 Å². The van der Waals surface area contributed by atoms with Gasteiger partial charge in [0.1, 0.15) is 28.7 Å². The number of methoxy groups -OCH3 is 1. The van der Waals surface area contributed by atoms with Crippen LogP contribution < -0.4 is 10.2 Å². The zero-order chi connectivity index (χ0) is 27.3. The van der Waals surface area contributed by atoms with E-state index < -0.39 is 5.43 Å². The fourth-order valence-electron chi connectivity index (χ4n) is 4.24. The number of rotatable bonds is 9. The van der Waals surface area contributed by atoms with Crippen LogP contribution in [-0.4, -0.2) is 22.4 Å². The largest absolute Gasteiger partial charge is 0.508 e. The van der Waals surface area contributed by atoms with Crippen LogP contribution in [0.1, 0.15) is 58.6 Å². The molecule has 3 rings (SSSR count). The minimum Gasteiger partial charge on any atom is -0.508 e. The van der Waals surface area contributed by atoms with Crippen LogP contribution >= 0.6 is 0 Å². The van der Waals surface area contributed by atoms with E-state index in [1.807, 2.05) is 19.9 Å². The second-order valence-electron chi connectivity index (χ2n) is 9.82. The van der Waals surface area contributed by atoms with Crippen molar-refractivity contribution in [3.63, 3.8) is 0 Å². The fraction of sp³-hybridized carbons (Fsp3) is 0.323. The summed E-state index contributed by atoms with van der Waals surface area (Å²) in [4.78, 5) is 13.5. The highest BCUT2D eigenvalue weighted by Gasteiger charge is 2.22. The molecule has 1 aromatic heterocycles. The molecule has 6 heteroatoms. The Kier molecular flexibility index (Phi) is 8.87. The maximum atomic E-state index is 13.5. The third kappa shape index (κ3) is 6.45. The quantitative estimate of drug-likeness (QED) is 0.264. The molecule has 1 heterocycles. The third-order valence-electron chi connectivity index (χ3n) is 6.25. The van der Waals surface area contributed by atoms with Crippen molar-refractivity contribution in [2.45, 2.75) is 60.3 Å². The summed E-state index contributed by atoms with van der Waals surface area (Å²) in [6.07, 6.45) is 10.3. The van der Waals surface area contributed by atoms with Gasteiger partial charge in [0.25, 0.3) is 0 Å². The Morgan fingerprint density at radius 3 is 2.27 bits per heavy atom. The monoisotopic (exact) mass is 504 g/mol. The van der Waals surface area contributed by atoms with Crippen molar-refractivity contribution in [2.24, 2.45) is 0 Å². The van der Waals surface area contributed by atoms with Gasteiger partial charge in [0, 0.05) is 23.3 Å². The van der Waals surface area contributed by atoms with E-state index in [0.717, 1.165) is 24.5 Å². The molecule has 0 unspecified atom stereocenters. The van der Waals surface area contributed by atoms with Gasteiger partial charge < -0.3 is 24.5 Å². The van der Waals surface area contributed by atoms with Crippen molar-refractivity contribution >= 4 is 11.0 Å².